The maximum absolute atomic E-state index is 12.8. The largest absolute Gasteiger partial charge is 0.354 e. The van der Waals surface area contributed by atoms with Gasteiger partial charge in [0.2, 0.25) is 5.91 Å². The maximum Gasteiger partial charge on any atom is 0.269 e. The molecule has 2 aromatic heterocycles. The minimum Gasteiger partial charge on any atom is -0.354 e. The summed E-state index contributed by atoms with van der Waals surface area (Å²) in [5, 5.41) is 18.4. The van der Waals surface area contributed by atoms with Crippen molar-refractivity contribution in [2.24, 2.45) is 5.92 Å². The van der Waals surface area contributed by atoms with Crippen LogP contribution in [0.15, 0.2) is 41.6 Å². The first-order chi connectivity index (χ1) is 14.4. The molecule has 0 fully saturated rings. The summed E-state index contributed by atoms with van der Waals surface area (Å²) >= 11 is 0. The fraction of sp³-hybridized carbons (Fsp3) is 0.400. The van der Waals surface area contributed by atoms with E-state index in [1.165, 1.54) is 29.2 Å². The molecule has 0 atom stereocenters. The lowest BCUT2D eigenvalue weighted by atomic mass is 10.0. The summed E-state index contributed by atoms with van der Waals surface area (Å²) < 4.78 is 2.98. The minimum atomic E-state index is -0.472. The van der Waals surface area contributed by atoms with Gasteiger partial charge in [0.15, 0.2) is 5.65 Å². The highest BCUT2D eigenvalue weighted by atomic mass is 16.6. The number of benzene rings is 1. The second kappa shape index (κ2) is 9.29. The standard InChI is InChI=1S/C20H24N6O4/c1-3-15(4-2)19(27)21-8-9-25-18-17(11-23-25)20(28)24(13-22-18)12-14-6-5-7-16(10-14)26(29)30/h5-7,10-11,13,15H,3-4,8-9,12H2,1-2H3,(H,21,27). The van der Waals surface area contributed by atoms with Gasteiger partial charge in [-0.15, -0.1) is 0 Å². The lowest BCUT2D eigenvalue weighted by Crippen LogP contribution is -2.32. The van der Waals surface area contributed by atoms with E-state index in [9.17, 15) is 19.7 Å². The van der Waals surface area contributed by atoms with Crippen molar-refractivity contribution in [3.8, 4) is 0 Å². The number of non-ortho nitro benzene ring substituents is 1. The van der Waals surface area contributed by atoms with E-state index < -0.39 is 4.92 Å². The molecule has 0 aliphatic rings. The van der Waals surface area contributed by atoms with Crippen LogP contribution in [0.2, 0.25) is 0 Å². The summed E-state index contributed by atoms with van der Waals surface area (Å²) in [6.45, 7) is 4.93. The topological polar surface area (TPSA) is 125 Å². The van der Waals surface area contributed by atoms with Crippen LogP contribution in [0.25, 0.3) is 11.0 Å². The Balaban J connectivity index is 1.74. The van der Waals surface area contributed by atoms with Crippen molar-refractivity contribution < 1.29 is 9.72 Å². The number of carbonyl (C=O) groups excluding carboxylic acids is 1. The average molecular weight is 412 g/mol. The number of hydrogen-bond acceptors (Lipinski definition) is 6. The van der Waals surface area contributed by atoms with Crippen LogP contribution in [0, 0.1) is 16.0 Å². The number of nitro groups is 1. The van der Waals surface area contributed by atoms with Crippen molar-refractivity contribution in [2.75, 3.05) is 6.54 Å². The Kier molecular flexibility index (Phi) is 6.55. The SMILES string of the molecule is CCC(CC)C(=O)NCCn1ncc2c(=O)n(Cc3cccc([N+](=O)[O-])c3)cnc21. The highest BCUT2D eigenvalue weighted by Gasteiger charge is 2.15. The van der Waals surface area contributed by atoms with E-state index in [2.05, 4.69) is 15.4 Å². The van der Waals surface area contributed by atoms with Gasteiger partial charge in [-0.1, -0.05) is 26.0 Å². The molecule has 0 spiro atoms. The van der Waals surface area contributed by atoms with Gasteiger partial charge < -0.3 is 5.32 Å². The molecular formula is C20H24N6O4. The molecule has 10 nitrogen and oxygen atoms in total. The lowest BCUT2D eigenvalue weighted by Gasteiger charge is -2.12. The summed E-state index contributed by atoms with van der Waals surface area (Å²) in [5.41, 5.74) is 0.757. The van der Waals surface area contributed by atoms with Gasteiger partial charge in [-0.25, -0.2) is 9.67 Å². The molecule has 3 aromatic rings. The number of rotatable bonds is 9. The second-order valence-corrected chi connectivity index (χ2v) is 7.01. The van der Waals surface area contributed by atoms with Gasteiger partial charge >= 0.3 is 0 Å². The normalized spacial score (nSPS) is 11.2. The van der Waals surface area contributed by atoms with Crippen molar-refractivity contribution in [1.29, 1.82) is 0 Å². The Morgan fingerprint density at radius 1 is 1.30 bits per heavy atom. The minimum absolute atomic E-state index is 0.00139. The number of nitro benzene ring substituents is 1. The average Bonchev–Trinajstić information content (AvgIpc) is 3.15. The molecule has 0 aliphatic carbocycles. The van der Waals surface area contributed by atoms with Crippen molar-refractivity contribution in [2.45, 2.75) is 39.8 Å². The quantitative estimate of drug-likeness (QED) is 0.424. The molecule has 0 saturated carbocycles. The Labute approximate surface area is 172 Å². The molecule has 10 heteroatoms. The number of aromatic nitrogens is 4. The van der Waals surface area contributed by atoms with Crippen molar-refractivity contribution in [1.82, 2.24) is 24.6 Å². The second-order valence-electron chi connectivity index (χ2n) is 7.01. The molecule has 30 heavy (non-hydrogen) atoms. The highest BCUT2D eigenvalue weighted by molar-refractivity contribution is 5.78. The zero-order chi connectivity index (χ0) is 21.7. The number of fused-ring (bicyclic) bond motifs is 1. The van der Waals surface area contributed by atoms with E-state index >= 15 is 0 Å². The molecule has 0 bridgehead atoms. The monoisotopic (exact) mass is 412 g/mol. The van der Waals surface area contributed by atoms with Crippen LogP contribution in [0.5, 0.6) is 0 Å². The van der Waals surface area contributed by atoms with Gasteiger partial charge in [-0.05, 0) is 18.4 Å². The fourth-order valence-electron chi connectivity index (χ4n) is 3.33. The Hall–Kier alpha value is -3.56. The van der Waals surface area contributed by atoms with Gasteiger partial charge in [-0.2, -0.15) is 5.10 Å². The zero-order valence-corrected chi connectivity index (χ0v) is 16.9. The number of nitrogens with one attached hydrogen (secondary N) is 1. The number of carbonyl (C=O) groups is 1. The molecule has 0 saturated heterocycles. The number of hydrogen-bond donors (Lipinski definition) is 1. The third-order valence-electron chi connectivity index (χ3n) is 5.08. The first-order valence-electron chi connectivity index (χ1n) is 9.86. The molecule has 1 N–H and O–H groups in total. The van der Waals surface area contributed by atoms with Gasteiger partial charge in [-0.3, -0.25) is 24.3 Å². The highest BCUT2D eigenvalue weighted by Crippen LogP contribution is 2.14. The molecule has 3 rings (SSSR count). The zero-order valence-electron chi connectivity index (χ0n) is 16.9. The lowest BCUT2D eigenvalue weighted by molar-refractivity contribution is -0.384. The van der Waals surface area contributed by atoms with Gasteiger partial charge in [0, 0.05) is 24.6 Å². The van der Waals surface area contributed by atoms with E-state index in [0.717, 1.165) is 12.8 Å². The smallest absolute Gasteiger partial charge is 0.269 e. The third kappa shape index (κ3) is 4.53. The van der Waals surface area contributed by atoms with E-state index in [4.69, 9.17) is 0 Å². The summed E-state index contributed by atoms with van der Waals surface area (Å²) in [5.74, 6) is 0.0160. The van der Waals surface area contributed by atoms with Crippen LogP contribution in [0.3, 0.4) is 0 Å². The fourth-order valence-corrected chi connectivity index (χ4v) is 3.33. The summed E-state index contributed by atoms with van der Waals surface area (Å²) in [7, 11) is 0. The molecule has 0 unspecified atom stereocenters. The van der Waals surface area contributed by atoms with E-state index in [1.54, 1.807) is 16.8 Å². The Morgan fingerprint density at radius 2 is 2.07 bits per heavy atom. The van der Waals surface area contributed by atoms with Crippen LogP contribution >= 0.6 is 0 Å². The molecular weight excluding hydrogens is 388 g/mol. The van der Waals surface area contributed by atoms with Crippen LogP contribution in [-0.4, -0.2) is 36.7 Å². The van der Waals surface area contributed by atoms with Gasteiger partial charge in [0.25, 0.3) is 11.2 Å². The molecule has 1 amide bonds. The van der Waals surface area contributed by atoms with E-state index in [0.29, 0.717) is 29.7 Å². The molecule has 158 valence electrons. The summed E-state index contributed by atoms with van der Waals surface area (Å²) in [4.78, 5) is 39.7. The van der Waals surface area contributed by atoms with Crippen LogP contribution in [-0.2, 0) is 17.9 Å². The van der Waals surface area contributed by atoms with Gasteiger partial charge in [0.1, 0.15) is 11.7 Å². The molecule has 1 aromatic carbocycles. The first kappa shape index (κ1) is 21.2. The van der Waals surface area contributed by atoms with Crippen molar-refractivity contribution in [3.05, 3.63) is 62.8 Å². The number of nitrogens with zero attached hydrogens (tertiary/aromatic N) is 5. The molecule has 0 aliphatic heterocycles. The Bertz CT molecular complexity index is 1120. The maximum atomic E-state index is 12.8. The molecule has 2 heterocycles. The van der Waals surface area contributed by atoms with Crippen molar-refractivity contribution >= 4 is 22.6 Å². The van der Waals surface area contributed by atoms with E-state index in [1.807, 2.05) is 13.8 Å². The Morgan fingerprint density at radius 3 is 2.77 bits per heavy atom. The predicted octanol–water partition coefficient (Wildman–Crippen LogP) is 2.10. The third-order valence-corrected chi connectivity index (χ3v) is 5.08. The number of amides is 1. The van der Waals surface area contributed by atoms with Gasteiger partial charge in [0.05, 0.1) is 24.2 Å². The first-order valence-corrected chi connectivity index (χ1v) is 9.86. The molecule has 0 radical (unpaired) electrons. The predicted molar refractivity (Wildman–Crippen MR) is 111 cm³/mol. The summed E-state index contributed by atoms with van der Waals surface area (Å²) in [6, 6.07) is 6.14. The van der Waals surface area contributed by atoms with Crippen LogP contribution in [0.4, 0.5) is 5.69 Å². The van der Waals surface area contributed by atoms with E-state index in [-0.39, 0.29) is 29.6 Å². The van der Waals surface area contributed by atoms with Crippen LogP contribution < -0.4 is 10.9 Å². The summed E-state index contributed by atoms with van der Waals surface area (Å²) in [6.07, 6.45) is 4.44. The van der Waals surface area contributed by atoms with Crippen LogP contribution in [0.1, 0.15) is 32.3 Å². The van der Waals surface area contributed by atoms with Crippen molar-refractivity contribution in [3.63, 3.8) is 0 Å².